The average Bonchev–Trinajstić information content (AvgIpc) is 2.32. The predicted octanol–water partition coefficient (Wildman–Crippen LogP) is 2.83. The van der Waals surface area contributed by atoms with E-state index in [0.29, 0.717) is 13.0 Å². The molecule has 1 unspecified atom stereocenters. The summed E-state index contributed by atoms with van der Waals surface area (Å²) in [6, 6.07) is 5.65. The number of anilines is 1. The van der Waals surface area contributed by atoms with E-state index in [9.17, 15) is 9.90 Å². The molecule has 1 aromatic carbocycles. The molecule has 0 heterocycles. The highest BCUT2D eigenvalue weighted by molar-refractivity contribution is 5.90. The van der Waals surface area contributed by atoms with Gasteiger partial charge in [-0.15, -0.1) is 0 Å². The van der Waals surface area contributed by atoms with Gasteiger partial charge in [-0.3, -0.25) is 0 Å². The van der Waals surface area contributed by atoms with Gasteiger partial charge in [-0.05, 0) is 37.8 Å². The number of amides is 2. The van der Waals surface area contributed by atoms with Crippen LogP contribution in [-0.2, 0) is 0 Å². The van der Waals surface area contributed by atoms with Gasteiger partial charge in [0.2, 0.25) is 0 Å². The third-order valence-electron chi connectivity index (χ3n) is 3.13. The third kappa shape index (κ3) is 5.30. The van der Waals surface area contributed by atoms with Crippen LogP contribution in [0.3, 0.4) is 0 Å². The van der Waals surface area contributed by atoms with Crippen molar-refractivity contribution in [2.45, 2.75) is 40.2 Å². The fourth-order valence-electron chi connectivity index (χ4n) is 1.79. The minimum Gasteiger partial charge on any atom is -0.393 e. The lowest BCUT2D eigenvalue weighted by Crippen LogP contribution is -2.32. The first-order chi connectivity index (χ1) is 8.90. The molecule has 1 rings (SSSR count). The van der Waals surface area contributed by atoms with Crippen molar-refractivity contribution in [3.63, 3.8) is 0 Å². The van der Waals surface area contributed by atoms with E-state index in [0.717, 1.165) is 11.3 Å². The normalized spacial score (nSPS) is 12.3. The quantitative estimate of drug-likeness (QED) is 0.766. The van der Waals surface area contributed by atoms with Gasteiger partial charge in [0.25, 0.3) is 0 Å². The molecule has 0 saturated heterocycles. The zero-order chi connectivity index (χ0) is 14.4. The van der Waals surface area contributed by atoms with Crippen LogP contribution in [0.1, 0.15) is 31.4 Å². The van der Waals surface area contributed by atoms with E-state index >= 15 is 0 Å². The maximum Gasteiger partial charge on any atom is 0.319 e. The van der Waals surface area contributed by atoms with Crippen molar-refractivity contribution in [3.05, 3.63) is 29.3 Å². The van der Waals surface area contributed by atoms with E-state index in [2.05, 4.69) is 10.6 Å². The zero-order valence-electron chi connectivity index (χ0n) is 12.2. The van der Waals surface area contributed by atoms with Crippen LogP contribution in [0.25, 0.3) is 0 Å². The van der Waals surface area contributed by atoms with Gasteiger partial charge < -0.3 is 15.7 Å². The molecule has 4 nitrogen and oxygen atoms in total. The van der Waals surface area contributed by atoms with Gasteiger partial charge >= 0.3 is 6.03 Å². The molecule has 0 aliphatic rings. The largest absolute Gasteiger partial charge is 0.393 e. The summed E-state index contributed by atoms with van der Waals surface area (Å²) in [6.45, 7) is 8.37. The molecule has 0 fully saturated rings. The van der Waals surface area contributed by atoms with Gasteiger partial charge in [-0.25, -0.2) is 4.79 Å². The molecule has 1 aromatic rings. The molecule has 0 bridgehead atoms. The van der Waals surface area contributed by atoms with Crippen LogP contribution in [0.5, 0.6) is 0 Å². The number of aliphatic hydroxyl groups is 1. The molecule has 0 radical (unpaired) electrons. The minimum atomic E-state index is -0.374. The molecule has 1 atom stereocenters. The summed E-state index contributed by atoms with van der Waals surface area (Å²) in [4.78, 5) is 11.7. The number of benzene rings is 1. The van der Waals surface area contributed by atoms with Gasteiger partial charge in [-0.2, -0.15) is 0 Å². The van der Waals surface area contributed by atoms with Gasteiger partial charge in [-0.1, -0.05) is 31.5 Å². The number of hydrogen-bond donors (Lipinski definition) is 3. The second-order valence-corrected chi connectivity index (χ2v) is 5.30. The van der Waals surface area contributed by atoms with E-state index in [1.807, 2.05) is 45.9 Å². The lowest BCUT2D eigenvalue weighted by atomic mass is 10.0. The first-order valence-electron chi connectivity index (χ1n) is 6.70. The van der Waals surface area contributed by atoms with Crippen molar-refractivity contribution < 1.29 is 9.90 Å². The van der Waals surface area contributed by atoms with Crippen LogP contribution >= 0.6 is 0 Å². The van der Waals surface area contributed by atoms with E-state index < -0.39 is 0 Å². The fraction of sp³-hybridized carbons (Fsp3) is 0.533. The highest BCUT2D eigenvalue weighted by atomic mass is 16.3. The predicted molar refractivity (Wildman–Crippen MR) is 78.4 cm³/mol. The van der Waals surface area contributed by atoms with Crippen molar-refractivity contribution in [2.75, 3.05) is 11.9 Å². The molecule has 0 aliphatic carbocycles. The van der Waals surface area contributed by atoms with Gasteiger partial charge in [0.1, 0.15) is 0 Å². The van der Waals surface area contributed by atoms with Crippen molar-refractivity contribution in [3.8, 4) is 0 Å². The smallest absolute Gasteiger partial charge is 0.319 e. The number of urea groups is 1. The Morgan fingerprint density at radius 3 is 2.58 bits per heavy atom. The van der Waals surface area contributed by atoms with Crippen molar-refractivity contribution in [1.29, 1.82) is 0 Å². The van der Waals surface area contributed by atoms with Crippen LogP contribution in [0.15, 0.2) is 18.2 Å². The minimum absolute atomic E-state index is 0.212. The van der Waals surface area contributed by atoms with Crippen LogP contribution in [0.4, 0.5) is 10.5 Å². The Morgan fingerprint density at radius 1 is 1.32 bits per heavy atom. The molecule has 19 heavy (non-hydrogen) atoms. The number of nitrogens with one attached hydrogen (secondary N) is 2. The number of carbonyl (C=O) groups excluding carboxylic acids is 1. The summed E-state index contributed by atoms with van der Waals surface area (Å²) >= 11 is 0. The van der Waals surface area contributed by atoms with Crippen molar-refractivity contribution >= 4 is 11.7 Å². The fourth-order valence-corrected chi connectivity index (χ4v) is 1.79. The number of rotatable bonds is 5. The number of hydrogen-bond acceptors (Lipinski definition) is 2. The lowest BCUT2D eigenvalue weighted by Gasteiger charge is -2.15. The molecule has 106 valence electrons. The van der Waals surface area contributed by atoms with Crippen LogP contribution in [0, 0.1) is 19.8 Å². The summed E-state index contributed by atoms with van der Waals surface area (Å²) in [5.74, 6) is 0.212. The van der Waals surface area contributed by atoms with Gasteiger partial charge in [0.15, 0.2) is 0 Å². The third-order valence-corrected chi connectivity index (χ3v) is 3.13. The first kappa shape index (κ1) is 15.5. The van der Waals surface area contributed by atoms with Crippen LogP contribution < -0.4 is 10.6 Å². The van der Waals surface area contributed by atoms with Crippen LogP contribution in [0.2, 0.25) is 0 Å². The number of aliphatic hydroxyl groups excluding tert-OH is 1. The Kier molecular flexibility index (Phi) is 5.83. The molecular formula is C15H24N2O2. The zero-order valence-corrected chi connectivity index (χ0v) is 12.2. The number of carbonyl (C=O) groups is 1. The molecule has 4 heteroatoms. The molecule has 3 N–H and O–H groups in total. The van der Waals surface area contributed by atoms with E-state index in [4.69, 9.17) is 0 Å². The van der Waals surface area contributed by atoms with Crippen molar-refractivity contribution in [2.24, 2.45) is 5.92 Å². The molecule has 2 amide bonds. The van der Waals surface area contributed by atoms with E-state index in [1.165, 1.54) is 5.56 Å². The Labute approximate surface area is 115 Å². The molecule has 0 aliphatic heterocycles. The SMILES string of the molecule is Cc1ccc(NC(=O)NCCC(O)C(C)C)c(C)c1. The summed E-state index contributed by atoms with van der Waals surface area (Å²) in [6.07, 6.45) is 0.194. The van der Waals surface area contributed by atoms with Crippen LogP contribution in [-0.4, -0.2) is 23.8 Å². The van der Waals surface area contributed by atoms with Gasteiger partial charge in [0, 0.05) is 12.2 Å². The highest BCUT2D eigenvalue weighted by Crippen LogP contribution is 2.15. The Hall–Kier alpha value is -1.55. The van der Waals surface area contributed by atoms with E-state index in [1.54, 1.807) is 0 Å². The lowest BCUT2D eigenvalue weighted by molar-refractivity contribution is 0.117. The van der Waals surface area contributed by atoms with Crippen molar-refractivity contribution in [1.82, 2.24) is 5.32 Å². The average molecular weight is 264 g/mol. The Bertz CT molecular complexity index is 430. The standard InChI is InChI=1S/C15H24N2O2/c1-10(2)14(18)7-8-16-15(19)17-13-6-5-11(3)9-12(13)4/h5-6,9-10,14,18H,7-8H2,1-4H3,(H2,16,17,19). The first-order valence-corrected chi connectivity index (χ1v) is 6.70. The van der Waals surface area contributed by atoms with E-state index in [-0.39, 0.29) is 18.1 Å². The van der Waals surface area contributed by atoms with Gasteiger partial charge in [0.05, 0.1) is 6.10 Å². The summed E-state index contributed by atoms with van der Waals surface area (Å²) in [5, 5.41) is 15.2. The monoisotopic (exact) mass is 264 g/mol. The second-order valence-electron chi connectivity index (χ2n) is 5.30. The molecule has 0 aromatic heterocycles. The maximum atomic E-state index is 11.7. The Balaban J connectivity index is 2.39. The highest BCUT2D eigenvalue weighted by Gasteiger charge is 2.09. The molecule has 0 spiro atoms. The summed E-state index contributed by atoms with van der Waals surface area (Å²) in [7, 11) is 0. The summed E-state index contributed by atoms with van der Waals surface area (Å²) < 4.78 is 0. The molecule has 0 saturated carbocycles. The maximum absolute atomic E-state index is 11.7. The summed E-state index contributed by atoms with van der Waals surface area (Å²) in [5.41, 5.74) is 3.02. The Morgan fingerprint density at radius 2 is 2.00 bits per heavy atom. The molecular weight excluding hydrogens is 240 g/mol. The second kappa shape index (κ2) is 7.14. The topological polar surface area (TPSA) is 61.4 Å². The number of aryl methyl sites for hydroxylation is 2.